The van der Waals surface area contributed by atoms with Crippen molar-refractivity contribution in [1.29, 1.82) is 0 Å². The van der Waals surface area contributed by atoms with Crippen molar-refractivity contribution in [2.24, 2.45) is 0 Å². The van der Waals surface area contributed by atoms with E-state index in [-0.39, 0.29) is 5.28 Å². The van der Waals surface area contributed by atoms with Crippen molar-refractivity contribution in [2.45, 2.75) is 18.8 Å². The van der Waals surface area contributed by atoms with E-state index in [1.807, 2.05) is 42.5 Å². The number of nitrogens with one attached hydrogen (secondary N) is 2. The van der Waals surface area contributed by atoms with Gasteiger partial charge in [0.15, 0.2) is 0 Å². The molecule has 0 spiro atoms. The fourth-order valence-corrected chi connectivity index (χ4v) is 2.55. The Hall–Kier alpha value is -2.40. The lowest BCUT2D eigenvalue weighted by atomic mass is 10.1. The normalized spacial score (nSPS) is 14.0. The van der Waals surface area contributed by atoms with Gasteiger partial charge in [-0.25, -0.2) is 9.97 Å². The van der Waals surface area contributed by atoms with Gasteiger partial charge in [-0.05, 0) is 24.4 Å². The predicted octanol–water partition coefficient (Wildman–Crippen LogP) is 4.14. The number of hydrogen-bond donors (Lipinski definition) is 2. The van der Waals surface area contributed by atoms with Gasteiger partial charge in [0.2, 0.25) is 5.28 Å². The molecule has 4 rings (SSSR count). The Bertz CT molecular complexity index is 795. The molecular formula is C16H14ClN5. The molecule has 6 heteroatoms. The maximum atomic E-state index is 6.04. The van der Waals surface area contributed by atoms with Crippen LogP contribution in [0.25, 0.3) is 11.3 Å². The lowest BCUT2D eigenvalue weighted by Gasteiger charge is -2.06. The molecule has 0 radical (unpaired) electrons. The number of hydrogen-bond acceptors (Lipinski definition) is 4. The lowest BCUT2D eigenvalue weighted by Crippen LogP contribution is -1.97. The van der Waals surface area contributed by atoms with Gasteiger partial charge in [0.1, 0.15) is 11.6 Å². The van der Waals surface area contributed by atoms with Crippen LogP contribution in [-0.4, -0.2) is 20.2 Å². The van der Waals surface area contributed by atoms with Gasteiger partial charge in [-0.2, -0.15) is 5.10 Å². The number of anilines is 2. The average Bonchev–Trinajstić information content (AvgIpc) is 3.28. The first-order valence-corrected chi connectivity index (χ1v) is 7.58. The highest BCUT2D eigenvalue weighted by atomic mass is 35.5. The first-order valence-electron chi connectivity index (χ1n) is 7.20. The zero-order valence-electron chi connectivity index (χ0n) is 11.8. The summed E-state index contributed by atoms with van der Waals surface area (Å²) >= 11 is 6.04. The second-order valence-electron chi connectivity index (χ2n) is 5.38. The summed E-state index contributed by atoms with van der Waals surface area (Å²) in [5, 5.41) is 10.7. The maximum Gasteiger partial charge on any atom is 0.224 e. The van der Waals surface area contributed by atoms with Crippen molar-refractivity contribution >= 4 is 23.2 Å². The summed E-state index contributed by atoms with van der Waals surface area (Å²) in [7, 11) is 0. The van der Waals surface area contributed by atoms with Crippen LogP contribution < -0.4 is 5.32 Å². The van der Waals surface area contributed by atoms with Crippen LogP contribution in [0.2, 0.25) is 5.28 Å². The minimum absolute atomic E-state index is 0.214. The number of benzene rings is 1. The summed E-state index contributed by atoms with van der Waals surface area (Å²) in [6.45, 7) is 0. The van der Waals surface area contributed by atoms with Crippen molar-refractivity contribution in [3.05, 3.63) is 53.4 Å². The Morgan fingerprint density at radius 1 is 1.09 bits per heavy atom. The molecule has 2 N–H and O–H groups in total. The topological polar surface area (TPSA) is 66.5 Å². The highest BCUT2D eigenvalue weighted by Gasteiger charge is 2.26. The highest BCUT2D eigenvalue weighted by Crippen LogP contribution is 2.39. The Morgan fingerprint density at radius 3 is 2.68 bits per heavy atom. The summed E-state index contributed by atoms with van der Waals surface area (Å²) in [6.07, 6.45) is 2.45. The van der Waals surface area contributed by atoms with Gasteiger partial charge in [0.05, 0.1) is 11.4 Å². The summed E-state index contributed by atoms with van der Waals surface area (Å²) in [5.41, 5.74) is 2.88. The van der Waals surface area contributed by atoms with Crippen molar-refractivity contribution in [1.82, 2.24) is 20.2 Å². The molecule has 0 aliphatic heterocycles. The second kappa shape index (κ2) is 5.42. The number of aromatic nitrogens is 4. The summed E-state index contributed by atoms with van der Waals surface area (Å²) in [5.74, 6) is 2.07. The molecule has 0 amide bonds. The molecule has 0 bridgehead atoms. The molecule has 0 saturated heterocycles. The molecule has 1 fully saturated rings. The van der Waals surface area contributed by atoms with E-state index >= 15 is 0 Å². The minimum atomic E-state index is 0.214. The van der Waals surface area contributed by atoms with E-state index in [9.17, 15) is 0 Å². The molecule has 0 unspecified atom stereocenters. The average molecular weight is 312 g/mol. The van der Waals surface area contributed by atoms with Gasteiger partial charge < -0.3 is 5.32 Å². The summed E-state index contributed by atoms with van der Waals surface area (Å²) in [6, 6.07) is 13.8. The molecule has 3 aromatic rings. The van der Waals surface area contributed by atoms with Crippen LogP contribution in [0.1, 0.15) is 24.5 Å². The van der Waals surface area contributed by atoms with Crippen molar-refractivity contribution in [3.8, 4) is 11.3 Å². The molecule has 22 heavy (non-hydrogen) atoms. The van der Waals surface area contributed by atoms with Crippen LogP contribution in [0, 0.1) is 0 Å². The van der Waals surface area contributed by atoms with E-state index < -0.39 is 0 Å². The zero-order valence-corrected chi connectivity index (χ0v) is 12.5. The van der Waals surface area contributed by atoms with Gasteiger partial charge >= 0.3 is 0 Å². The van der Waals surface area contributed by atoms with E-state index in [0.717, 1.165) is 22.8 Å². The molecule has 1 aliphatic rings. The zero-order chi connectivity index (χ0) is 14.9. The molecule has 1 aliphatic carbocycles. The standard InChI is InChI=1S/C16H14ClN5/c17-16-18-12(10-4-2-1-3-5-10)8-14(20-16)19-15-9-13(21-22-15)11-6-7-11/h1-5,8-9,11H,6-7H2,(H2,18,19,20,21,22). The minimum Gasteiger partial charge on any atom is -0.325 e. The molecule has 1 saturated carbocycles. The number of halogens is 1. The third-order valence-corrected chi connectivity index (χ3v) is 3.79. The van der Waals surface area contributed by atoms with Crippen LogP contribution in [0.5, 0.6) is 0 Å². The molecule has 0 atom stereocenters. The molecule has 2 aromatic heterocycles. The van der Waals surface area contributed by atoms with E-state index in [1.165, 1.54) is 12.8 Å². The monoisotopic (exact) mass is 311 g/mol. The van der Waals surface area contributed by atoms with Crippen molar-refractivity contribution in [3.63, 3.8) is 0 Å². The summed E-state index contributed by atoms with van der Waals surface area (Å²) in [4.78, 5) is 8.50. The maximum absolute atomic E-state index is 6.04. The number of rotatable bonds is 4. The number of aromatic amines is 1. The second-order valence-corrected chi connectivity index (χ2v) is 5.72. The van der Waals surface area contributed by atoms with Crippen molar-refractivity contribution in [2.75, 3.05) is 5.32 Å². The van der Waals surface area contributed by atoms with Crippen LogP contribution >= 0.6 is 11.6 Å². The Balaban J connectivity index is 1.62. The quantitative estimate of drug-likeness (QED) is 0.711. The van der Waals surface area contributed by atoms with E-state index in [0.29, 0.717) is 11.7 Å². The fraction of sp³-hybridized carbons (Fsp3) is 0.188. The smallest absolute Gasteiger partial charge is 0.224 e. The van der Waals surface area contributed by atoms with Crippen molar-refractivity contribution < 1.29 is 0 Å². The fourth-order valence-electron chi connectivity index (χ4n) is 2.37. The van der Waals surface area contributed by atoms with Gasteiger partial charge in [0, 0.05) is 23.6 Å². The van der Waals surface area contributed by atoms with E-state index in [1.54, 1.807) is 0 Å². The molecule has 110 valence electrons. The largest absolute Gasteiger partial charge is 0.325 e. The Morgan fingerprint density at radius 2 is 1.91 bits per heavy atom. The van der Waals surface area contributed by atoms with Crippen LogP contribution in [0.4, 0.5) is 11.6 Å². The lowest BCUT2D eigenvalue weighted by molar-refractivity contribution is 0.966. The first-order chi connectivity index (χ1) is 10.8. The first kappa shape index (κ1) is 13.3. The van der Waals surface area contributed by atoms with E-state index in [4.69, 9.17) is 11.6 Å². The Labute approximate surface area is 132 Å². The van der Waals surface area contributed by atoms with E-state index in [2.05, 4.69) is 25.5 Å². The molecule has 5 nitrogen and oxygen atoms in total. The van der Waals surface area contributed by atoms with Crippen LogP contribution in [0.3, 0.4) is 0 Å². The van der Waals surface area contributed by atoms with Gasteiger partial charge in [-0.1, -0.05) is 30.3 Å². The van der Waals surface area contributed by atoms with Crippen LogP contribution in [0.15, 0.2) is 42.5 Å². The van der Waals surface area contributed by atoms with Gasteiger partial charge in [0.25, 0.3) is 0 Å². The number of H-pyrrole nitrogens is 1. The van der Waals surface area contributed by atoms with Gasteiger partial charge in [-0.15, -0.1) is 0 Å². The van der Waals surface area contributed by atoms with Gasteiger partial charge in [-0.3, -0.25) is 5.10 Å². The number of nitrogens with zero attached hydrogens (tertiary/aromatic N) is 3. The third-order valence-electron chi connectivity index (χ3n) is 3.62. The third kappa shape index (κ3) is 2.80. The molecule has 1 aromatic carbocycles. The Kier molecular flexibility index (Phi) is 3.27. The predicted molar refractivity (Wildman–Crippen MR) is 86.3 cm³/mol. The summed E-state index contributed by atoms with van der Waals surface area (Å²) < 4.78 is 0. The SMILES string of the molecule is Clc1nc(Nc2cc(C3CC3)n[nH]2)cc(-c2ccccc2)n1. The van der Waals surface area contributed by atoms with Crippen LogP contribution in [-0.2, 0) is 0 Å². The highest BCUT2D eigenvalue weighted by molar-refractivity contribution is 6.28. The molecular weight excluding hydrogens is 298 g/mol. The molecule has 2 heterocycles.